The Labute approximate surface area is 139 Å². The van der Waals surface area contributed by atoms with Crippen molar-refractivity contribution >= 4 is 40.2 Å². The highest BCUT2D eigenvalue weighted by Gasteiger charge is 2.29. The first-order chi connectivity index (χ1) is 10.7. The molecule has 2 aliphatic rings. The van der Waals surface area contributed by atoms with Gasteiger partial charge in [0.15, 0.2) is 0 Å². The van der Waals surface area contributed by atoms with E-state index in [0.717, 1.165) is 35.7 Å². The summed E-state index contributed by atoms with van der Waals surface area (Å²) in [5, 5.41) is 8.33. The molecule has 0 spiro atoms. The Bertz CT molecular complexity index is 595. The minimum atomic E-state index is 0.273. The molecule has 3 rings (SSSR count). The molecule has 5 nitrogen and oxygen atoms in total. The molecule has 0 saturated carbocycles. The molecule has 7 heteroatoms. The van der Waals surface area contributed by atoms with Gasteiger partial charge in [-0.15, -0.1) is 0 Å². The highest BCUT2D eigenvalue weighted by Crippen LogP contribution is 2.21. The number of morpholine rings is 1. The van der Waals surface area contributed by atoms with Gasteiger partial charge in [-0.25, -0.2) is 4.67 Å². The average molecular weight is 340 g/mol. The third kappa shape index (κ3) is 3.70. The lowest BCUT2D eigenvalue weighted by Gasteiger charge is -2.30. The molecule has 1 unspecified atom stereocenters. The van der Waals surface area contributed by atoms with Crippen molar-refractivity contribution in [3.63, 3.8) is 0 Å². The zero-order valence-corrected chi connectivity index (χ0v) is 14.1. The Morgan fingerprint density at radius 1 is 1.50 bits per heavy atom. The number of nitrogens with one attached hydrogen (secondary N) is 2. The predicted molar refractivity (Wildman–Crippen MR) is 94.7 cm³/mol. The molecule has 0 bridgehead atoms. The van der Waals surface area contributed by atoms with Crippen LogP contribution >= 0.6 is 23.4 Å². The normalized spacial score (nSPS) is 21.3. The van der Waals surface area contributed by atoms with E-state index in [1.165, 1.54) is 0 Å². The van der Waals surface area contributed by atoms with E-state index < -0.39 is 0 Å². The average Bonchev–Trinajstić information content (AvgIpc) is 3.02. The van der Waals surface area contributed by atoms with Crippen molar-refractivity contribution in [1.29, 1.82) is 0 Å². The highest BCUT2D eigenvalue weighted by atomic mass is 35.5. The van der Waals surface area contributed by atoms with Gasteiger partial charge in [-0.1, -0.05) is 23.7 Å². The lowest BCUT2D eigenvalue weighted by molar-refractivity contribution is 0.0331. The van der Waals surface area contributed by atoms with Crippen molar-refractivity contribution in [1.82, 2.24) is 14.9 Å². The van der Waals surface area contributed by atoms with Crippen molar-refractivity contribution in [3.05, 3.63) is 29.3 Å². The largest absolute Gasteiger partial charge is 0.403 e. The topological polar surface area (TPSA) is 50.6 Å². The summed E-state index contributed by atoms with van der Waals surface area (Å²) in [4.78, 5) is 2.24. The molecule has 0 aliphatic carbocycles. The van der Waals surface area contributed by atoms with Gasteiger partial charge in [-0.2, -0.15) is 0 Å². The first kappa shape index (κ1) is 15.6. The molecule has 2 N–H and O–H groups in total. The van der Waals surface area contributed by atoms with E-state index in [1.807, 2.05) is 24.3 Å². The molecule has 1 aromatic rings. The van der Waals surface area contributed by atoms with Crippen LogP contribution in [0.5, 0.6) is 0 Å². The summed E-state index contributed by atoms with van der Waals surface area (Å²) in [6.07, 6.45) is 0. The molecule has 1 aromatic carbocycles. The number of ether oxygens (including phenoxy) is 1. The van der Waals surface area contributed by atoms with E-state index in [2.05, 4.69) is 22.5 Å². The van der Waals surface area contributed by atoms with Gasteiger partial charge in [0.05, 0.1) is 37.4 Å². The Hall–Kier alpha value is -1.33. The SMILES string of the molecule is CC1COCCN1C(=[N+]=C1NCCS1)Nc1ccccc1Cl. The summed E-state index contributed by atoms with van der Waals surface area (Å²) in [5.41, 5.74) is 0.866. The van der Waals surface area contributed by atoms with Crippen LogP contribution in [0.2, 0.25) is 5.02 Å². The second kappa shape index (κ2) is 7.29. The van der Waals surface area contributed by atoms with Gasteiger partial charge in [-0.3, -0.25) is 10.2 Å². The molecule has 2 fully saturated rings. The predicted octanol–water partition coefficient (Wildman–Crippen LogP) is 1.59. The molecule has 0 radical (unpaired) electrons. The van der Waals surface area contributed by atoms with Crippen molar-refractivity contribution in [2.24, 2.45) is 0 Å². The third-order valence-electron chi connectivity index (χ3n) is 3.58. The van der Waals surface area contributed by atoms with E-state index in [4.69, 9.17) is 21.0 Å². The minimum Gasteiger partial charge on any atom is -0.375 e. The van der Waals surface area contributed by atoms with E-state index in [-0.39, 0.29) is 6.04 Å². The first-order valence-corrected chi connectivity index (χ1v) is 8.78. The van der Waals surface area contributed by atoms with E-state index in [9.17, 15) is 0 Å². The molecule has 2 aliphatic heterocycles. The lowest BCUT2D eigenvalue weighted by Crippen LogP contribution is -2.51. The fraction of sp³-hybridized carbons (Fsp3) is 0.467. The van der Waals surface area contributed by atoms with Crippen LogP contribution in [0.15, 0.2) is 24.3 Å². The van der Waals surface area contributed by atoms with Gasteiger partial charge in [0.25, 0.3) is 0 Å². The number of guanidine groups is 1. The Morgan fingerprint density at radius 3 is 3.09 bits per heavy atom. The molecule has 1 atom stereocenters. The summed E-state index contributed by atoms with van der Waals surface area (Å²) in [7, 11) is 0. The van der Waals surface area contributed by atoms with E-state index in [0.29, 0.717) is 18.2 Å². The van der Waals surface area contributed by atoms with Gasteiger partial charge in [0.1, 0.15) is 5.69 Å². The molecule has 2 saturated heterocycles. The lowest BCUT2D eigenvalue weighted by atomic mass is 10.2. The highest BCUT2D eigenvalue weighted by molar-refractivity contribution is 8.14. The van der Waals surface area contributed by atoms with Crippen LogP contribution in [0, 0.1) is 0 Å². The number of hydrogen-bond acceptors (Lipinski definition) is 2. The second-order valence-corrected chi connectivity index (χ2v) is 6.73. The molecule has 22 heavy (non-hydrogen) atoms. The maximum absolute atomic E-state index is 6.27. The fourth-order valence-electron chi connectivity index (χ4n) is 2.41. The Morgan fingerprint density at radius 2 is 2.36 bits per heavy atom. The molecule has 0 aromatic heterocycles. The van der Waals surface area contributed by atoms with Crippen molar-refractivity contribution < 1.29 is 4.74 Å². The van der Waals surface area contributed by atoms with Crippen LogP contribution in [0.25, 0.3) is 0 Å². The van der Waals surface area contributed by atoms with Crippen LogP contribution in [0.3, 0.4) is 0 Å². The van der Waals surface area contributed by atoms with Crippen LogP contribution in [-0.4, -0.2) is 54.1 Å². The second-order valence-electron chi connectivity index (χ2n) is 5.24. The van der Waals surface area contributed by atoms with Gasteiger partial charge >= 0.3 is 11.1 Å². The maximum Gasteiger partial charge on any atom is 0.403 e. The maximum atomic E-state index is 6.27. The number of anilines is 1. The van der Waals surface area contributed by atoms with Gasteiger partial charge in [-0.05, 0) is 30.8 Å². The minimum absolute atomic E-state index is 0.273. The van der Waals surface area contributed by atoms with Crippen molar-refractivity contribution in [2.75, 3.05) is 37.4 Å². The third-order valence-corrected chi connectivity index (χ3v) is 4.83. The number of amidine groups is 1. The number of benzene rings is 1. The number of rotatable bonds is 1. The Kier molecular flexibility index (Phi) is 5.16. The smallest absolute Gasteiger partial charge is 0.375 e. The summed E-state index contributed by atoms with van der Waals surface area (Å²) >= 11 is 8.01. The fourth-order valence-corrected chi connectivity index (χ4v) is 3.35. The summed E-state index contributed by atoms with van der Waals surface area (Å²) in [5.74, 6) is 1.87. The van der Waals surface area contributed by atoms with E-state index in [1.54, 1.807) is 11.8 Å². The number of para-hydroxylation sites is 1. The van der Waals surface area contributed by atoms with Crippen LogP contribution in [-0.2, 0) is 4.74 Å². The molecule has 118 valence electrons. The Balaban J connectivity index is 1.92. The number of thioether (sulfide) groups is 1. The summed E-state index contributed by atoms with van der Waals surface area (Å²) in [6, 6.07) is 7.99. The first-order valence-electron chi connectivity index (χ1n) is 7.42. The molecular formula is C15H20ClN4OS+. The van der Waals surface area contributed by atoms with Crippen LogP contribution < -0.4 is 15.3 Å². The standard InChI is InChI=1S/C15H19ClN4OS/c1-11-10-21-8-7-20(11)14(19-15-17-6-9-22-15)18-13-5-3-2-4-12(13)16/h2-5,11H,6-10H2,1H3,(H,17,18,19)/p+1. The van der Waals surface area contributed by atoms with Crippen LogP contribution in [0.1, 0.15) is 6.92 Å². The monoisotopic (exact) mass is 339 g/mol. The molecule has 0 amide bonds. The van der Waals surface area contributed by atoms with Gasteiger partial charge in [0.2, 0.25) is 0 Å². The summed E-state index contributed by atoms with van der Waals surface area (Å²) in [6.45, 7) is 5.34. The summed E-state index contributed by atoms with van der Waals surface area (Å²) < 4.78 is 10.3. The quantitative estimate of drug-likeness (QED) is 0.462. The number of nitrogens with zero attached hydrogens (tertiary/aromatic N) is 2. The zero-order valence-electron chi connectivity index (χ0n) is 12.5. The molecular weight excluding hydrogens is 320 g/mol. The van der Waals surface area contributed by atoms with E-state index >= 15 is 0 Å². The number of halogens is 1. The number of hydrogen-bond donors (Lipinski definition) is 2. The van der Waals surface area contributed by atoms with Gasteiger partial charge < -0.3 is 10.1 Å². The van der Waals surface area contributed by atoms with Crippen molar-refractivity contribution in [2.45, 2.75) is 13.0 Å². The molecule has 2 heterocycles. The zero-order chi connectivity index (χ0) is 15.4. The van der Waals surface area contributed by atoms with Crippen LogP contribution in [0.4, 0.5) is 5.69 Å². The van der Waals surface area contributed by atoms with Crippen molar-refractivity contribution in [3.8, 4) is 0 Å². The van der Waals surface area contributed by atoms with Gasteiger partial charge in [0, 0.05) is 5.75 Å².